The van der Waals surface area contributed by atoms with Gasteiger partial charge in [0, 0.05) is 29.3 Å². The predicted molar refractivity (Wildman–Crippen MR) is 101 cm³/mol. The summed E-state index contributed by atoms with van der Waals surface area (Å²) in [5.74, 6) is 0. The molecule has 0 saturated heterocycles. The lowest BCUT2D eigenvalue weighted by atomic mass is 9.81. The Morgan fingerprint density at radius 2 is 1.79 bits per heavy atom. The summed E-state index contributed by atoms with van der Waals surface area (Å²) in [5, 5.41) is 1.17. The van der Waals surface area contributed by atoms with E-state index in [1.54, 1.807) is 0 Å². The molecule has 0 aliphatic carbocycles. The normalized spacial score (nSPS) is 16.1. The SMILES string of the molecule is C[N+]1=C(/C=C/c2ccc3ncccc3c2)C(C)(C)c2ccccc21. The molecule has 2 heterocycles. The number of hydrogen-bond acceptors (Lipinski definition) is 1. The molecule has 0 radical (unpaired) electrons. The van der Waals surface area contributed by atoms with Crippen LogP contribution in [0.3, 0.4) is 0 Å². The van der Waals surface area contributed by atoms with E-state index < -0.39 is 0 Å². The molecule has 3 aromatic rings. The minimum absolute atomic E-state index is 0.0141. The van der Waals surface area contributed by atoms with Crippen molar-refractivity contribution in [3.8, 4) is 0 Å². The van der Waals surface area contributed by atoms with E-state index in [1.807, 2.05) is 12.3 Å². The van der Waals surface area contributed by atoms with Gasteiger partial charge < -0.3 is 0 Å². The summed E-state index contributed by atoms with van der Waals surface area (Å²) >= 11 is 0. The van der Waals surface area contributed by atoms with Crippen LogP contribution in [0.2, 0.25) is 0 Å². The Kier molecular flexibility index (Phi) is 3.34. The van der Waals surface area contributed by atoms with E-state index in [-0.39, 0.29) is 5.41 Å². The monoisotopic (exact) mass is 313 g/mol. The van der Waals surface area contributed by atoms with Crippen LogP contribution in [0.1, 0.15) is 25.0 Å². The molecule has 118 valence electrons. The smallest absolute Gasteiger partial charge is 0.209 e. The number of allylic oxidation sites excluding steroid dienone is 1. The molecule has 0 spiro atoms. The fourth-order valence-electron chi connectivity index (χ4n) is 3.67. The highest BCUT2D eigenvalue weighted by atomic mass is 15.0. The average molecular weight is 313 g/mol. The minimum atomic E-state index is 0.0141. The summed E-state index contributed by atoms with van der Waals surface area (Å²) in [5.41, 5.74) is 6.24. The summed E-state index contributed by atoms with van der Waals surface area (Å²) in [4.78, 5) is 4.38. The van der Waals surface area contributed by atoms with E-state index in [4.69, 9.17) is 0 Å². The third-order valence-electron chi connectivity index (χ3n) is 5.00. The minimum Gasteiger partial charge on any atom is -0.256 e. The van der Waals surface area contributed by atoms with Crippen LogP contribution in [0.5, 0.6) is 0 Å². The molecule has 0 bridgehead atoms. The molecular formula is C22H21N2+. The largest absolute Gasteiger partial charge is 0.256 e. The topological polar surface area (TPSA) is 15.9 Å². The Morgan fingerprint density at radius 1 is 0.958 bits per heavy atom. The average Bonchev–Trinajstić information content (AvgIpc) is 2.80. The van der Waals surface area contributed by atoms with Crippen molar-refractivity contribution in [3.05, 3.63) is 78.0 Å². The highest BCUT2D eigenvalue weighted by Crippen LogP contribution is 2.39. The van der Waals surface area contributed by atoms with Crippen LogP contribution in [-0.2, 0) is 5.41 Å². The maximum Gasteiger partial charge on any atom is 0.209 e. The number of fused-ring (bicyclic) bond motifs is 2. The first-order chi connectivity index (χ1) is 11.6. The van der Waals surface area contributed by atoms with Crippen molar-refractivity contribution in [1.82, 2.24) is 4.98 Å². The zero-order chi connectivity index (χ0) is 16.7. The van der Waals surface area contributed by atoms with Crippen LogP contribution in [0.4, 0.5) is 5.69 Å². The van der Waals surface area contributed by atoms with Crippen molar-refractivity contribution in [2.45, 2.75) is 19.3 Å². The highest BCUT2D eigenvalue weighted by Gasteiger charge is 2.42. The molecule has 0 atom stereocenters. The third-order valence-corrected chi connectivity index (χ3v) is 5.00. The summed E-state index contributed by atoms with van der Waals surface area (Å²) in [6, 6.07) is 19.1. The Labute approximate surface area is 142 Å². The molecule has 0 N–H and O–H groups in total. The van der Waals surface area contributed by atoms with E-state index in [0.29, 0.717) is 0 Å². The van der Waals surface area contributed by atoms with E-state index in [9.17, 15) is 0 Å². The maximum absolute atomic E-state index is 4.38. The first-order valence-electron chi connectivity index (χ1n) is 8.31. The Hall–Kier alpha value is -2.74. The number of benzene rings is 2. The number of rotatable bonds is 2. The summed E-state index contributed by atoms with van der Waals surface area (Å²) < 4.78 is 2.30. The van der Waals surface area contributed by atoms with Gasteiger partial charge in [0.1, 0.15) is 7.05 Å². The molecule has 0 amide bonds. The lowest BCUT2D eigenvalue weighted by Crippen LogP contribution is -2.26. The van der Waals surface area contributed by atoms with Crippen molar-refractivity contribution < 1.29 is 4.58 Å². The van der Waals surface area contributed by atoms with Gasteiger partial charge >= 0.3 is 0 Å². The zero-order valence-corrected chi connectivity index (χ0v) is 14.3. The van der Waals surface area contributed by atoms with Gasteiger partial charge in [-0.25, -0.2) is 0 Å². The second kappa shape index (κ2) is 5.41. The highest BCUT2D eigenvalue weighted by molar-refractivity contribution is 6.05. The Morgan fingerprint density at radius 3 is 2.62 bits per heavy atom. The van der Waals surface area contributed by atoms with Crippen LogP contribution >= 0.6 is 0 Å². The molecule has 24 heavy (non-hydrogen) atoms. The predicted octanol–water partition coefficient (Wildman–Crippen LogP) is 4.95. The fraction of sp³-hybridized carbons (Fsp3) is 0.182. The van der Waals surface area contributed by atoms with Gasteiger partial charge in [-0.05, 0) is 43.7 Å². The molecule has 2 aromatic carbocycles. The van der Waals surface area contributed by atoms with Gasteiger partial charge in [0.05, 0.1) is 10.9 Å². The van der Waals surface area contributed by atoms with Crippen LogP contribution < -0.4 is 0 Å². The number of aromatic nitrogens is 1. The van der Waals surface area contributed by atoms with Gasteiger partial charge in [0.2, 0.25) is 5.69 Å². The molecule has 4 rings (SSSR count). The van der Waals surface area contributed by atoms with Gasteiger partial charge in [0.25, 0.3) is 0 Å². The van der Waals surface area contributed by atoms with Crippen molar-refractivity contribution in [2.24, 2.45) is 0 Å². The molecule has 2 heteroatoms. The summed E-state index contributed by atoms with van der Waals surface area (Å²) in [6.45, 7) is 4.58. The first kappa shape index (κ1) is 14.8. The quantitative estimate of drug-likeness (QED) is 0.611. The standard InChI is InChI=1S/C22H21N2/c1-22(2)18-8-4-5-9-20(18)24(3)21(22)13-11-16-10-12-19-17(15-16)7-6-14-23-19/h4-15H,1-3H3/q+1. The molecule has 1 aliphatic rings. The van der Waals surface area contributed by atoms with Gasteiger partial charge in [-0.2, -0.15) is 4.58 Å². The van der Waals surface area contributed by atoms with Crippen LogP contribution in [0.25, 0.3) is 17.0 Å². The number of para-hydroxylation sites is 1. The van der Waals surface area contributed by atoms with E-state index >= 15 is 0 Å². The third kappa shape index (κ3) is 2.26. The van der Waals surface area contributed by atoms with Crippen molar-refractivity contribution >= 4 is 28.4 Å². The van der Waals surface area contributed by atoms with E-state index in [1.165, 1.54) is 27.9 Å². The fourth-order valence-corrected chi connectivity index (χ4v) is 3.67. The molecule has 2 nitrogen and oxygen atoms in total. The maximum atomic E-state index is 4.38. The van der Waals surface area contributed by atoms with Crippen LogP contribution in [0, 0.1) is 0 Å². The van der Waals surface area contributed by atoms with Crippen molar-refractivity contribution in [1.29, 1.82) is 0 Å². The molecule has 0 fully saturated rings. The Bertz CT molecular complexity index is 994. The van der Waals surface area contributed by atoms with Crippen molar-refractivity contribution in [3.63, 3.8) is 0 Å². The molecular weight excluding hydrogens is 292 g/mol. The second-order valence-corrected chi connectivity index (χ2v) is 6.88. The van der Waals surface area contributed by atoms with Crippen LogP contribution in [-0.4, -0.2) is 22.3 Å². The Balaban J connectivity index is 1.74. The zero-order valence-electron chi connectivity index (χ0n) is 14.3. The van der Waals surface area contributed by atoms with Crippen molar-refractivity contribution in [2.75, 3.05) is 7.05 Å². The van der Waals surface area contributed by atoms with Gasteiger partial charge in [-0.15, -0.1) is 0 Å². The molecule has 0 saturated carbocycles. The van der Waals surface area contributed by atoms with Gasteiger partial charge in [-0.1, -0.05) is 30.3 Å². The van der Waals surface area contributed by atoms with Gasteiger partial charge in [-0.3, -0.25) is 4.98 Å². The number of nitrogens with zero attached hydrogens (tertiary/aromatic N) is 2. The molecule has 1 aromatic heterocycles. The first-order valence-corrected chi connectivity index (χ1v) is 8.31. The molecule has 1 aliphatic heterocycles. The lowest BCUT2D eigenvalue weighted by molar-refractivity contribution is -0.401. The molecule has 0 unspecified atom stereocenters. The second-order valence-electron chi connectivity index (χ2n) is 6.88. The van der Waals surface area contributed by atoms with Gasteiger partial charge in [0.15, 0.2) is 5.71 Å². The number of pyridine rings is 1. The number of hydrogen-bond donors (Lipinski definition) is 0. The van der Waals surface area contributed by atoms with E-state index in [2.05, 4.69) is 91.1 Å². The van der Waals surface area contributed by atoms with Crippen LogP contribution in [0.15, 0.2) is 66.9 Å². The lowest BCUT2D eigenvalue weighted by Gasteiger charge is -2.15. The summed E-state index contributed by atoms with van der Waals surface area (Å²) in [6.07, 6.45) is 6.28. The summed E-state index contributed by atoms with van der Waals surface area (Å²) in [7, 11) is 2.15. The van der Waals surface area contributed by atoms with E-state index in [0.717, 1.165) is 5.52 Å².